The molecule has 0 spiro atoms. The molecule has 0 aliphatic carbocycles. The van der Waals surface area contributed by atoms with E-state index in [9.17, 15) is 0 Å². The summed E-state index contributed by atoms with van der Waals surface area (Å²) in [6.07, 6.45) is 1.03. The van der Waals surface area contributed by atoms with Gasteiger partial charge >= 0.3 is 0 Å². The lowest BCUT2D eigenvalue weighted by Gasteiger charge is -2.22. The van der Waals surface area contributed by atoms with Gasteiger partial charge in [0.25, 0.3) is 0 Å². The quantitative estimate of drug-likeness (QED) is 0.698. The van der Waals surface area contributed by atoms with Crippen LogP contribution in [-0.2, 0) is 13.0 Å². The molecule has 0 saturated carbocycles. The van der Waals surface area contributed by atoms with Gasteiger partial charge in [0.05, 0.1) is 20.8 Å². The Kier molecular flexibility index (Phi) is 4.24. The van der Waals surface area contributed by atoms with Gasteiger partial charge in [-0.2, -0.15) is 0 Å². The summed E-state index contributed by atoms with van der Waals surface area (Å²) in [6, 6.07) is 14.4. The van der Waals surface area contributed by atoms with E-state index in [4.69, 9.17) is 13.9 Å². The molecule has 0 N–H and O–H groups in total. The number of hydrogen-bond donors (Lipinski definition) is 0. The molecule has 134 valence electrons. The Labute approximate surface area is 152 Å². The van der Waals surface area contributed by atoms with Crippen molar-refractivity contribution in [1.29, 1.82) is 0 Å². The lowest BCUT2D eigenvalue weighted by Crippen LogP contribution is -2.28. The number of fused-ring (bicyclic) bond motifs is 1. The molecule has 0 bridgehead atoms. The Morgan fingerprint density at radius 1 is 1.08 bits per heavy atom. The van der Waals surface area contributed by atoms with Crippen LogP contribution in [0.1, 0.15) is 18.4 Å². The van der Waals surface area contributed by atoms with E-state index >= 15 is 0 Å². The number of para-hydroxylation sites is 1. The normalized spacial score (nSPS) is 15.8. The van der Waals surface area contributed by atoms with E-state index in [2.05, 4.69) is 46.3 Å². The molecule has 1 atom stereocenters. The number of methoxy groups -OCH3 is 2. The van der Waals surface area contributed by atoms with Gasteiger partial charge in [-0.15, -0.1) is 10.2 Å². The molecule has 4 rings (SSSR count). The first-order chi connectivity index (χ1) is 12.7. The monoisotopic (exact) mass is 351 g/mol. The van der Waals surface area contributed by atoms with Crippen LogP contribution >= 0.6 is 0 Å². The third-order valence-electron chi connectivity index (χ3n) is 4.75. The molecule has 0 fully saturated rings. The Morgan fingerprint density at radius 2 is 1.88 bits per heavy atom. The van der Waals surface area contributed by atoms with Gasteiger partial charge in [-0.1, -0.05) is 18.2 Å². The fourth-order valence-electron chi connectivity index (χ4n) is 3.42. The molecule has 6 heteroatoms. The minimum atomic E-state index is 0.406. The Bertz CT molecular complexity index is 922. The van der Waals surface area contributed by atoms with Crippen LogP contribution < -0.4 is 14.4 Å². The predicted molar refractivity (Wildman–Crippen MR) is 98.6 cm³/mol. The molecule has 1 aromatic heterocycles. The van der Waals surface area contributed by atoms with E-state index in [0.29, 0.717) is 35.9 Å². The number of rotatable bonds is 5. The first-order valence-electron chi connectivity index (χ1n) is 8.59. The molecule has 0 amide bonds. The second-order valence-electron chi connectivity index (χ2n) is 6.38. The van der Waals surface area contributed by atoms with E-state index in [1.165, 1.54) is 11.3 Å². The number of aromatic nitrogens is 2. The van der Waals surface area contributed by atoms with Gasteiger partial charge in [-0.05, 0) is 43.2 Å². The van der Waals surface area contributed by atoms with Gasteiger partial charge in [0, 0.05) is 17.3 Å². The molecule has 26 heavy (non-hydrogen) atoms. The highest BCUT2D eigenvalue weighted by molar-refractivity contribution is 5.60. The lowest BCUT2D eigenvalue weighted by atomic mass is 10.1. The Hall–Kier alpha value is -3.02. The lowest BCUT2D eigenvalue weighted by molar-refractivity contribution is 0.355. The summed E-state index contributed by atoms with van der Waals surface area (Å²) in [4.78, 5) is 2.31. The Morgan fingerprint density at radius 3 is 2.69 bits per heavy atom. The minimum absolute atomic E-state index is 0.406. The number of hydrogen-bond acceptors (Lipinski definition) is 6. The van der Waals surface area contributed by atoms with Crippen molar-refractivity contribution in [3.05, 3.63) is 53.9 Å². The summed E-state index contributed by atoms with van der Waals surface area (Å²) in [5.74, 6) is 2.37. The van der Waals surface area contributed by atoms with Crippen LogP contribution in [-0.4, -0.2) is 30.5 Å². The van der Waals surface area contributed by atoms with Crippen molar-refractivity contribution in [1.82, 2.24) is 10.2 Å². The molecule has 1 unspecified atom stereocenters. The zero-order valence-corrected chi connectivity index (χ0v) is 15.1. The summed E-state index contributed by atoms with van der Waals surface area (Å²) in [7, 11) is 3.21. The van der Waals surface area contributed by atoms with E-state index in [1.807, 2.05) is 18.2 Å². The van der Waals surface area contributed by atoms with Crippen LogP contribution in [0.15, 0.2) is 46.9 Å². The number of anilines is 1. The third-order valence-corrected chi connectivity index (χ3v) is 4.75. The van der Waals surface area contributed by atoms with Crippen LogP contribution in [0.3, 0.4) is 0 Å². The highest BCUT2D eigenvalue weighted by atomic mass is 16.5. The van der Waals surface area contributed by atoms with Crippen molar-refractivity contribution in [3.63, 3.8) is 0 Å². The fourth-order valence-corrected chi connectivity index (χ4v) is 3.42. The van der Waals surface area contributed by atoms with Crippen molar-refractivity contribution in [3.8, 4) is 23.0 Å². The fraction of sp³-hybridized carbons (Fsp3) is 0.300. The molecule has 0 radical (unpaired) electrons. The van der Waals surface area contributed by atoms with E-state index in [-0.39, 0.29) is 0 Å². The number of nitrogens with zero attached hydrogens (tertiary/aromatic N) is 3. The first kappa shape index (κ1) is 16.4. The van der Waals surface area contributed by atoms with Crippen molar-refractivity contribution < 1.29 is 13.9 Å². The van der Waals surface area contributed by atoms with Gasteiger partial charge in [0.2, 0.25) is 11.8 Å². The SMILES string of the molecule is COc1ccc(-c2nnc(CN3c4ccccc4CC3C)o2)cc1OC. The largest absolute Gasteiger partial charge is 0.493 e. The highest BCUT2D eigenvalue weighted by Gasteiger charge is 2.27. The minimum Gasteiger partial charge on any atom is -0.493 e. The highest BCUT2D eigenvalue weighted by Crippen LogP contribution is 2.34. The summed E-state index contributed by atoms with van der Waals surface area (Å²) in [5, 5.41) is 8.43. The second kappa shape index (κ2) is 6.71. The van der Waals surface area contributed by atoms with Crippen molar-refractivity contribution in [2.24, 2.45) is 0 Å². The zero-order chi connectivity index (χ0) is 18.1. The average molecular weight is 351 g/mol. The second-order valence-corrected chi connectivity index (χ2v) is 6.38. The van der Waals surface area contributed by atoms with Gasteiger partial charge < -0.3 is 18.8 Å². The van der Waals surface area contributed by atoms with Gasteiger partial charge in [-0.3, -0.25) is 0 Å². The molecule has 0 saturated heterocycles. The zero-order valence-electron chi connectivity index (χ0n) is 15.1. The molecule has 2 heterocycles. The summed E-state index contributed by atoms with van der Waals surface area (Å²) in [6.45, 7) is 2.81. The van der Waals surface area contributed by atoms with Crippen LogP contribution in [0.25, 0.3) is 11.5 Å². The molecule has 6 nitrogen and oxygen atoms in total. The summed E-state index contributed by atoms with van der Waals surface area (Å²) >= 11 is 0. The molecular weight excluding hydrogens is 330 g/mol. The molecule has 1 aliphatic heterocycles. The van der Waals surface area contributed by atoms with Gasteiger partial charge in [0.1, 0.15) is 0 Å². The van der Waals surface area contributed by atoms with Crippen LogP contribution in [0.2, 0.25) is 0 Å². The molecule has 3 aromatic rings. The topological polar surface area (TPSA) is 60.6 Å². The third kappa shape index (κ3) is 2.87. The Balaban J connectivity index is 1.57. The molecular formula is C20H21N3O3. The number of ether oxygens (including phenoxy) is 2. The van der Waals surface area contributed by atoms with Crippen LogP contribution in [0.5, 0.6) is 11.5 Å². The molecule has 1 aliphatic rings. The van der Waals surface area contributed by atoms with Crippen LogP contribution in [0.4, 0.5) is 5.69 Å². The first-order valence-corrected chi connectivity index (χ1v) is 8.59. The predicted octanol–water partition coefficient (Wildman–Crippen LogP) is 3.71. The number of benzene rings is 2. The smallest absolute Gasteiger partial charge is 0.247 e. The van der Waals surface area contributed by atoms with E-state index in [1.54, 1.807) is 14.2 Å². The molecule has 2 aromatic carbocycles. The van der Waals surface area contributed by atoms with Crippen LogP contribution in [0, 0.1) is 0 Å². The van der Waals surface area contributed by atoms with Crippen molar-refractivity contribution in [2.45, 2.75) is 25.9 Å². The van der Waals surface area contributed by atoms with Gasteiger partial charge in [-0.25, -0.2) is 0 Å². The maximum Gasteiger partial charge on any atom is 0.247 e. The van der Waals surface area contributed by atoms with Crippen molar-refractivity contribution >= 4 is 5.69 Å². The average Bonchev–Trinajstić information content (AvgIpc) is 3.26. The summed E-state index contributed by atoms with van der Waals surface area (Å²) < 4.78 is 16.5. The van der Waals surface area contributed by atoms with E-state index < -0.39 is 0 Å². The standard InChI is InChI=1S/C20H21N3O3/c1-13-10-14-6-4-5-7-16(14)23(13)12-19-21-22-20(26-19)15-8-9-17(24-2)18(11-15)25-3/h4-9,11,13H,10,12H2,1-3H3. The maximum atomic E-state index is 5.91. The van der Waals surface area contributed by atoms with E-state index in [0.717, 1.165) is 12.0 Å². The maximum absolute atomic E-state index is 5.91. The van der Waals surface area contributed by atoms with Crippen molar-refractivity contribution in [2.75, 3.05) is 19.1 Å². The van der Waals surface area contributed by atoms with Gasteiger partial charge in [0.15, 0.2) is 11.5 Å². The summed E-state index contributed by atoms with van der Waals surface area (Å²) in [5.41, 5.74) is 3.40.